The monoisotopic (exact) mass is 309 g/mol. The molecule has 0 atom stereocenters. The second-order valence-electron chi connectivity index (χ2n) is 6.28. The molecule has 0 heterocycles. The lowest BCUT2D eigenvalue weighted by molar-refractivity contribution is -0.109. The van der Waals surface area contributed by atoms with Crippen LogP contribution in [0.5, 0.6) is 5.75 Å². The number of carbonyl (C=O) groups is 1. The van der Waals surface area contributed by atoms with Gasteiger partial charge in [-0.1, -0.05) is 55.3 Å². The highest BCUT2D eigenvalue weighted by atomic mass is 16.5. The van der Waals surface area contributed by atoms with Gasteiger partial charge in [-0.3, -0.25) is 4.79 Å². The Balaban J connectivity index is 1.67. The summed E-state index contributed by atoms with van der Waals surface area (Å²) in [6.07, 6.45) is 5.53. The lowest BCUT2D eigenvalue weighted by Crippen LogP contribution is -2.35. The van der Waals surface area contributed by atoms with E-state index >= 15 is 0 Å². The van der Waals surface area contributed by atoms with Crippen LogP contribution in [0.2, 0.25) is 0 Å². The molecule has 0 saturated heterocycles. The maximum absolute atomic E-state index is 10.7. The van der Waals surface area contributed by atoms with E-state index in [-0.39, 0.29) is 5.41 Å². The van der Waals surface area contributed by atoms with Crippen molar-refractivity contribution in [3.05, 3.63) is 65.7 Å². The smallest absolute Gasteiger partial charge is 0.207 e. The SMILES string of the molecule is O=CNCC1(c2ccc(OCc3ccccc3)cc2)CCCC1. The molecule has 1 N–H and O–H groups in total. The standard InChI is InChI=1S/C20H23NO2/c22-16-21-15-20(12-4-5-13-20)18-8-10-19(11-9-18)23-14-17-6-2-1-3-7-17/h1-3,6-11,16H,4-5,12-15H2,(H,21,22). The largest absolute Gasteiger partial charge is 0.489 e. The molecule has 1 amide bonds. The second kappa shape index (κ2) is 7.32. The number of ether oxygens (including phenoxy) is 1. The van der Waals surface area contributed by atoms with Crippen molar-refractivity contribution in [1.29, 1.82) is 0 Å². The first-order valence-corrected chi connectivity index (χ1v) is 8.27. The van der Waals surface area contributed by atoms with Gasteiger partial charge in [-0.25, -0.2) is 0 Å². The average Bonchev–Trinajstić information content (AvgIpc) is 3.10. The Morgan fingerprint density at radius 2 is 1.70 bits per heavy atom. The van der Waals surface area contributed by atoms with Crippen LogP contribution in [-0.4, -0.2) is 13.0 Å². The van der Waals surface area contributed by atoms with E-state index in [1.165, 1.54) is 24.0 Å². The molecule has 2 aromatic carbocycles. The van der Waals surface area contributed by atoms with Gasteiger partial charge in [0.05, 0.1) is 0 Å². The molecule has 0 bridgehead atoms. The predicted molar refractivity (Wildman–Crippen MR) is 91.4 cm³/mol. The van der Waals surface area contributed by atoms with Crippen molar-refractivity contribution in [2.24, 2.45) is 0 Å². The van der Waals surface area contributed by atoms with Crippen molar-refractivity contribution >= 4 is 6.41 Å². The van der Waals surface area contributed by atoms with Gasteiger partial charge in [0.2, 0.25) is 6.41 Å². The van der Waals surface area contributed by atoms with E-state index in [2.05, 4.69) is 29.6 Å². The number of benzene rings is 2. The van der Waals surface area contributed by atoms with Crippen LogP contribution < -0.4 is 10.1 Å². The normalized spacial score (nSPS) is 16.0. The maximum Gasteiger partial charge on any atom is 0.207 e. The zero-order chi connectivity index (χ0) is 16.0. The van der Waals surface area contributed by atoms with Crippen molar-refractivity contribution in [3.8, 4) is 5.75 Å². The Bertz CT molecular complexity index is 616. The zero-order valence-corrected chi connectivity index (χ0v) is 13.3. The minimum Gasteiger partial charge on any atom is -0.489 e. The summed E-state index contributed by atoms with van der Waals surface area (Å²) in [6.45, 7) is 1.30. The Labute approximate surface area is 137 Å². The van der Waals surface area contributed by atoms with E-state index in [1.54, 1.807) is 0 Å². The van der Waals surface area contributed by atoms with Crippen molar-refractivity contribution in [2.45, 2.75) is 37.7 Å². The fourth-order valence-electron chi connectivity index (χ4n) is 3.50. The van der Waals surface area contributed by atoms with Crippen LogP contribution in [0.1, 0.15) is 36.8 Å². The minimum absolute atomic E-state index is 0.0961. The third-order valence-electron chi connectivity index (χ3n) is 4.80. The number of hydrogen-bond donors (Lipinski definition) is 1. The molecule has 120 valence electrons. The molecule has 2 aromatic rings. The van der Waals surface area contributed by atoms with Gasteiger partial charge in [0.1, 0.15) is 12.4 Å². The van der Waals surface area contributed by atoms with E-state index in [4.69, 9.17) is 4.74 Å². The highest BCUT2D eigenvalue weighted by Gasteiger charge is 2.35. The molecular formula is C20H23NO2. The third-order valence-corrected chi connectivity index (χ3v) is 4.80. The van der Waals surface area contributed by atoms with E-state index < -0.39 is 0 Å². The Kier molecular flexibility index (Phi) is 4.96. The van der Waals surface area contributed by atoms with Crippen molar-refractivity contribution in [3.63, 3.8) is 0 Å². The molecule has 1 saturated carbocycles. The molecule has 1 aliphatic carbocycles. The molecule has 0 spiro atoms. The van der Waals surface area contributed by atoms with Gasteiger partial charge in [0, 0.05) is 12.0 Å². The minimum atomic E-state index is 0.0961. The molecule has 1 fully saturated rings. The number of carbonyl (C=O) groups excluding carboxylic acids is 1. The summed E-state index contributed by atoms with van der Waals surface area (Å²) in [5, 5.41) is 2.88. The molecule has 0 unspecified atom stereocenters. The van der Waals surface area contributed by atoms with Crippen LogP contribution in [0.4, 0.5) is 0 Å². The first kappa shape index (κ1) is 15.6. The van der Waals surface area contributed by atoms with Gasteiger partial charge >= 0.3 is 0 Å². The van der Waals surface area contributed by atoms with Gasteiger partial charge in [0.25, 0.3) is 0 Å². The summed E-state index contributed by atoms with van der Waals surface area (Å²) in [6, 6.07) is 18.6. The van der Waals surface area contributed by atoms with Crippen LogP contribution in [-0.2, 0) is 16.8 Å². The summed E-state index contributed by atoms with van der Waals surface area (Å²) in [4.78, 5) is 10.7. The highest BCUT2D eigenvalue weighted by molar-refractivity contribution is 5.47. The molecular weight excluding hydrogens is 286 g/mol. The van der Waals surface area contributed by atoms with Crippen LogP contribution in [0.25, 0.3) is 0 Å². The van der Waals surface area contributed by atoms with Gasteiger partial charge in [0.15, 0.2) is 0 Å². The van der Waals surface area contributed by atoms with Crippen LogP contribution in [0, 0.1) is 0 Å². The lowest BCUT2D eigenvalue weighted by atomic mass is 9.79. The summed E-state index contributed by atoms with van der Waals surface area (Å²) in [7, 11) is 0. The third kappa shape index (κ3) is 3.73. The first-order chi connectivity index (χ1) is 11.3. The van der Waals surface area contributed by atoms with Gasteiger partial charge in [-0.05, 0) is 36.1 Å². The predicted octanol–water partition coefficient (Wildman–Crippen LogP) is 3.82. The summed E-state index contributed by atoms with van der Waals surface area (Å²) in [5.74, 6) is 0.883. The number of hydrogen-bond acceptors (Lipinski definition) is 2. The molecule has 0 aromatic heterocycles. The highest BCUT2D eigenvalue weighted by Crippen LogP contribution is 2.41. The summed E-state index contributed by atoms with van der Waals surface area (Å²) in [5.41, 5.74) is 2.56. The molecule has 3 heteroatoms. The van der Waals surface area contributed by atoms with Crippen molar-refractivity contribution < 1.29 is 9.53 Å². The zero-order valence-electron chi connectivity index (χ0n) is 13.3. The quantitative estimate of drug-likeness (QED) is 0.790. The van der Waals surface area contributed by atoms with Crippen LogP contribution >= 0.6 is 0 Å². The van der Waals surface area contributed by atoms with E-state index in [1.807, 2.05) is 30.3 Å². The summed E-state index contributed by atoms with van der Waals surface area (Å²) < 4.78 is 5.85. The fraction of sp³-hybridized carbons (Fsp3) is 0.350. The fourth-order valence-corrected chi connectivity index (χ4v) is 3.50. The number of amides is 1. The summed E-state index contributed by atoms with van der Waals surface area (Å²) >= 11 is 0. The Morgan fingerprint density at radius 3 is 2.35 bits per heavy atom. The first-order valence-electron chi connectivity index (χ1n) is 8.27. The molecule has 23 heavy (non-hydrogen) atoms. The van der Waals surface area contributed by atoms with E-state index in [9.17, 15) is 4.79 Å². The molecule has 3 rings (SSSR count). The average molecular weight is 309 g/mol. The molecule has 0 radical (unpaired) electrons. The molecule has 1 aliphatic rings. The number of nitrogens with one attached hydrogen (secondary N) is 1. The van der Waals surface area contributed by atoms with Crippen LogP contribution in [0.3, 0.4) is 0 Å². The molecule has 0 aliphatic heterocycles. The Morgan fingerprint density at radius 1 is 1.00 bits per heavy atom. The van der Waals surface area contributed by atoms with Crippen LogP contribution in [0.15, 0.2) is 54.6 Å². The van der Waals surface area contributed by atoms with E-state index in [0.29, 0.717) is 6.61 Å². The lowest BCUT2D eigenvalue weighted by Gasteiger charge is -2.29. The van der Waals surface area contributed by atoms with Gasteiger partial charge in [-0.2, -0.15) is 0 Å². The topological polar surface area (TPSA) is 38.3 Å². The van der Waals surface area contributed by atoms with Crippen molar-refractivity contribution in [2.75, 3.05) is 6.54 Å². The van der Waals surface area contributed by atoms with Crippen molar-refractivity contribution in [1.82, 2.24) is 5.32 Å². The second-order valence-corrected chi connectivity index (χ2v) is 6.28. The van der Waals surface area contributed by atoms with E-state index in [0.717, 1.165) is 31.5 Å². The Hall–Kier alpha value is -2.29. The number of rotatable bonds is 7. The van der Waals surface area contributed by atoms with Gasteiger partial charge < -0.3 is 10.1 Å². The molecule has 3 nitrogen and oxygen atoms in total. The van der Waals surface area contributed by atoms with Gasteiger partial charge in [-0.15, -0.1) is 0 Å². The maximum atomic E-state index is 10.7.